The lowest BCUT2D eigenvalue weighted by molar-refractivity contribution is -0.118. The summed E-state index contributed by atoms with van der Waals surface area (Å²) in [6.07, 6.45) is 0.182. The van der Waals surface area contributed by atoms with Crippen LogP contribution in [0.4, 0.5) is 11.4 Å². The van der Waals surface area contributed by atoms with E-state index in [1.807, 2.05) is 12.1 Å². The van der Waals surface area contributed by atoms with Crippen LogP contribution >= 0.6 is 0 Å². The van der Waals surface area contributed by atoms with E-state index >= 15 is 0 Å². The number of nitrogens with one attached hydrogen (secondary N) is 2. The topological polar surface area (TPSA) is 76.7 Å². The fraction of sp³-hybridized carbons (Fsp3) is 0.176. The number of fused-ring (bicyclic) bond motifs is 1. The van der Waals surface area contributed by atoms with Gasteiger partial charge in [0.15, 0.2) is 6.61 Å². The Morgan fingerprint density at radius 2 is 2.13 bits per heavy atom. The first-order valence-corrected chi connectivity index (χ1v) is 7.14. The summed E-state index contributed by atoms with van der Waals surface area (Å²) in [7, 11) is 1.55. The van der Waals surface area contributed by atoms with Crippen LogP contribution in [0.3, 0.4) is 0 Å². The third-order valence-corrected chi connectivity index (χ3v) is 3.42. The van der Waals surface area contributed by atoms with Crippen molar-refractivity contribution < 1.29 is 19.1 Å². The van der Waals surface area contributed by atoms with Crippen molar-refractivity contribution >= 4 is 23.2 Å². The number of hydrogen-bond acceptors (Lipinski definition) is 4. The van der Waals surface area contributed by atoms with Crippen molar-refractivity contribution in [1.29, 1.82) is 0 Å². The van der Waals surface area contributed by atoms with Crippen molar-refractivity contribution in [3.05, 3.63) is 48.0 Å². The van der Waals surface area contributed by atoms with Crippen LogP contribution in [-0.2, 0) is 16.0 Å². The van der Waals surface area contributed by atoms with Gasteiger partial charge in [-0.2, -0.15) is 0 Å². The first-order chi connectivity index (χ1) is 11.2. The molecule has 0 saturated heterocycles. The maximum absolute atomic E-state index is 12.2. The molecule has 1 aliphatic heterocycles. The van der Waals surface area contributed by atoms with Crippen molar-refractivity contribution in [3.63, 3.8) is 0 Å². The summed E-state index contributed by atoms with van der Waals surface area (Å²) in [5, 5.41) is 5.54. The molecule has 2 aromatic rings. The van der Waals surface area contributed by atoms with Crippen LogP contribution in [0.2, 0.25) is 0 Å². The molecule has 2 amide bonds. The molecule has 0 bridgehead atoms. The van der Waals surface area contributed by atoms with Crippen LogP contribution in [-0.4, -0.2) is 25.5 Å². The second kappa shape index (κ2) is 6.39. The lowest BCUT2D eigenvalue weighted by Crippen LogP contribution is -2.25. The minimum Gasteiger partial charge on any atom is -0.495 e. The van der Waals surface area contributed by atoms with Crippen molar-refractivity contribution in [2.45, 2.75) is 6.42 Å². The average Bonchev–Trinajstić information content (AvgIpc) is 2.55. The van der Waals surface area contributed by atoms with E-state index in [1.54, 1.807) is 37.4 Å². The number of carbonyl (C=O) groups excluding carboxylic acids is 2. The summed E-state index contributed by atoms with van der Waals surface area (Å²) < 4.78 is 10.5. The standard InChI is InChI=1S/C17H16N2O4/c1-22-14-5-3-2-4-12(14)18-16(20)9-11-6-7-15-13(8-11)19-17(21)10-23-15/h2-8H,9-10H2,1H3,(H,18,20)(H,19,21). The Labute approximate surface area is 133 Å². The van der Waals surface area contributed by atoms with E-state index in [2.05, 4.69) is 10.6 Å². The van der Waals surface area contributed by atoms with Gasteiger partial charge in [-0.25, -0.2) is 0 Å². The van der Waals surface area contributed by atoms with Crippen molar-refractivity contribution in [2.75, 3.05) is 24.4 Å². The normalized spacial score (nSPS) is 12.7. The molecule has 0 aromatic heterocycles. The summed E-state index contributed by atoms with van der Waals surface area (Å²) in [6, 6.07) is 12.5. The summed E-state index contributed by atoms with van der Waals surface area (Å²) in [5.41, 5.74) is 1.99. The maximum Gasteiger partial charge on any atom is 0.262 e. The van der Waals surface area contributed by atoms with E-state index in [1.165, 1.54) is 0 Å². The van der Waals surface area contributed by atoms with Gasteiger partial charge in [-0.05, 0) is 29.8 Å². The smallest absolute Gasteiger partial charge is 0.262 e. The second-order valence-electron chi connectivity index (χ2n) is 5.09. The number of ether oxygens (including phenoxy) is 2. The largest absolute Gasteiger partial charge is 0.495 e. The van der Waals surface area contributed by atoms with Crippen LogP contribution in [0.5, 0.6) is 11.5 Å². The number of anilines is 2. The SMILES string of the molecule is COc1ccccc1NC(=O)Cc1ccc2c(c1)NC(=O)CO2. The molecule has 0 atom stereocenters. The van der Waals surface area contributed by atoms with Crippen molar-refractivity contribution in [2.24, 2.45) is 0 Å². The van der Waals surface area contributed by atoms with Gasteiger partial charge in [-0.1, -0.05) is 18.2 Å². The number of hydrogen-bond donors (Lipinski definition) is 2. The summed E-state index contributed by atoms with van der Waals surface area (Å²) in [6.45, 7) is 0.0145. The van der Waals surface area contributed by atoms with E-state index < -0.39 is 0 Å². The number of para-hydroxylation sites is 2. The van der Waals surface area contributed by atoms with Crippen LogP contribution in [0.25, 0.3) is 0 Å². The zero-order valence-corrected chi connectivity index (χ0v) is 12.6. The first-order valence-electron chi connectivity index (χ1n) is 7.14. The molecular weight excluding hydrogens is 296 g/mol. The van der Waals surface area contributed by atoms with Gasteiger partial charge in [-0.3, -0.25) is 9.59 Å². The molecule has 118 valence electrons. The predicted octanol–water partition coefficient (Wildman–Crippen LogP) is 2.21. The highest BCUT2D eigenvalue weighted by Crippen LogP contribution is 2.29. The van der Waals surface area contributed by atoms with Crippen molar-refractivity contribution in [1.82, 2.24) is 0 Å². The highest BCUT2D eigenvalue weighted by Gasteiger charge is 2.16. The molecule has 0 aliphatic carbocycles. The van der Waals surface area contributed by atoms with Gasteiger partial charge >= 0.3 is 0 Å². The third-order valence-electron chi connectivity index (χ3n) is 3.42. The molecule has 0 unspecified atom stereocenters. The van der Waals surface area contributed by atoms with Gasteiger partial charge in [0.05, 0.1) is 24.9 Å². The Morgan fingerprint density at radius 1 is 1.30 bits per heavy atom. The van der Waals surface area contributed by atoms with Crippen molar-refractivity contribution in [3.8, 4) is 11.5 Å². The second-order valence-corrected chi connectivity index (χ2v) is 5.09. The highest BCUT2D eigenvalue weighted by atomic mass is 16.5. The van der Waals surface area contributed by atoms with Gasteiger partial charge < -0.3 is 20.1 Å². The Morgan fingerprint density at radius 3 is 2.96 bits per heavy atom. The van der Waals surface area contributed by atoms with Crippen LogP contribution in [0.15, 0.2) is 42.5 Å². The molecule has 23 heavy (non-hydrogen) atoms. The summed E-state index contributed by atoms with van der Waals surface area (Å²) in [4.78, 5) is 23.5. The van der Waals surface area contributed by atoms with E-state index in [0.29, 0.717) is 22.9 Å². The molecule has 0 fully saturated rings. The third kappa shape index (κ3) is 3.42. The predicted molar refractivity (Wildman–Crippen MR) is 85.9 cm³/mol. The molecule has 6 nitrogen and oxygen atoms in total. The zero-order valence-electron chi connectivity index (χ0n) is 12.6. The van der Waals surface area contributed by atoms with Gasteiger partial charge in [0.2, 0.25) is 5.91 Å². The minimum atomic E-state index is -0.201. The molecular formula is C17H16N2O4. The lowest BCUT2D eigenvalue weighted by atomic mass is 10.1. The number of carbonyl (C=O) groups is 2. The molecule has 0 radical (unpaired) electrons. The molecule has 0 saturated carbocycles. The zero-order chi connectivity index (χ0) is 16.2. The summed E-state index contributed by atoms with van der Waals surface area (Å²) >= 11 is 0. The molecule has 2 aromatic carbocycles. The quantitative estimate of drug-likeness (QED) is 0.907. The van der Waals surface area contributed by atoms with E-state index in [-0.39, 0.29) is 24.8 Å². The number of amides is 2. The summed E-state index contributed by atoms with van der Waals surface area (Å²) in [5.74, 6) is 0.844. The molecule has 1 aliphatic rings. The minimum absolute atomic E-state index is 0.0145. The first kappa shape index (κ1) is 14.9. The van der Waals surface area contributed by atoms with Gasteiger partial charge in [0.1, 0.15) is 11.5 Å². The molecule has 1 heterocycles. The average molecular weight is 312 g/mol. The highest BCUT2D eigenvalue weighted by molar-refractivity contribution is 5.96. The Kier molecular flexibility index (Phi) is 4.14. The van der Waals surface area contributed by atoms with Gasteiger partial charge in [0.25, 0.3) is 5.91 Å². The monoisotopic (exact) mass is 312 g/mol. The van der Waals surface area contributed by atoms with Gasteiger partial charge in [0, 0.05) is 0 Å². The van der Waals surface area contributed by atoms with Crippen LogP contribution < -0.4 is 20.1 Å². The lowest BCUT2D eigenvalue weighted by Gasteiger charge is -2.18. The maximum atomic E-state index is 12.2. The molecule has 3 rings (SSSR count). The number of benzene rings is 2. The molecule has 2 N–H and O–H groups in total. The van der Waals surface area contributed by atoms with Gasteiger partial charge in [-0.15, -0.1) is 0 Å². The Hall–Kier alpha value is -3.02. The number of rotatable bonds is 4. The molecule has 6 heteroatoms. The number of methoxy groups -OCH3 is 1. The fourth-order valence-corrected chi connectivity index (χ4v) is 2.37. The van der Waals surface area contributed by atoms with E-state index in [4.69, 9.17) is 9.47 Å². The van der Waals surface area contributed by atoms with E-state index in [9.17, 15) is 9.59 Å². The van der Waals surface area contributed by atoms with E-state index in [0.717, 1.165) is 5.56 Å². The van der Waals surface area contributed by atoms with Crippen LogP contribution in [0, 0.1) is 0 Å². The molecule has 0 spiro atoms. The Bertz CT molecular complexity index is 758. The Balaban J connectivity index is 1.71. The fourth-order valence-electron chi connectivity index (χ4n) is 2.37. The van der Waals surface area contributed by atoms with Crippen LogP contribution in [0.1, 0.15) is 5.56 Å².